The zero-order valence-electron chi connectivity index (χ0n) is 11.3. The number of hydrogen-bond acceptors (Lipinski definition) is 2. The van der Waals surface area contributed by atoms with Crippen molar-refractivity contribution in [3.05, 3.63) is 0 Å². The quantitative estimate of drug-likeness (QED) is 0.738. The Morgan fingerprint density at radius 1 is 1.41 bits per heavy atom. The van der Waals surface area contributed by atoms with E-state index < -0.39 is 0 Å². The minimum absolute atomic E-state index is 0.396. The van der Waals surface area contributed by atoms with Crippen LogP contribution in [0.2, 0.25) is 0 Å². The van der Waals surface area contributed by atoms with Crippen molar-refractivity contribution in [2.75, 3.05) is 13.1 Å². The van der Waals surface area contributed by atoms with Gasteiger partial charge in [0, 0.05) is 37.1 Å². The predicted octanol–water partition coefficient (Wildman–Crippen LogP) is 2.39. The predicted molar refractivity (Wildman–Crippen MR) is 72.9 cm³/mol. The molecule has 17 heavy (non-hydrogen) atoms. The van der Waals surface area contributed by atoms with E-state index in [9.17, 15) is 0 Å². The van der Waals surface area contributed by atoms with Gasteiger partial charge in [0.05, 0.1) is 0 Å². The summed E-state index contributed by atoms with van der Waals surface area (Å²) in [7, 11) is 0. The van der Waals surface area contributed by atoms with Crippen molar-refractivity contribution < 1.29 is 0 Å². The van der Waals surface area contributed by atoms with Gasteiger partial charge in [-0.15, -0.1) is 12.3 Å². The first-order chi connectivity index (χ1) is 8.17. The van der Waals surface area contributed by atoms with E-state index in [1.165, 1.54) is 38.6 Å². The van der Waals surface area contributed by atoms with Crippen molar-refractivity contribution in [1.29, 1.82) is 0 Å². The molecule has 2 atom stereocenters. The van der Waals surface area contributed by atoms with Crippen LogP contribution in [0.5, 0.6) is 0 Å². The molecule has 2 rings (SSSR count). The number of nitrogens with one attached hydrogen (secondary N) is 1. The first kappa shape index (κ1) is 12.9. The molecule has 0 radical (unpaired) electrons. The van der Waals surface area contributed by atoms with E-state index in [1.54, 1.807) is 0 Å². The monoisotopic (exact) mass is 234 g/mol. The van der Waals surface area contributed by atoms with Gasteiger partial charge in [0.25, 0.3) is 0 Å². The van der Waals surface area contributed by atoms with Crippen molar-refractivity contribution in [1.82, 2.24) is 10.2 Å². The SMILES string of the molecule is C#CCC(C)N1CC2(CCCCC2)NCC1C. The molecule has 0 aromatic heterocycles. The minimum Gasteiger partial charge on any atom is -0.308 e. The molecule has 1 aliphatic heterocycles. The van der Waals surface area contributed by atoms with Gasteiger partial charge >= 0.3 is 0 Å². The molecule has 2 aliphatic rings. The van der Waals surface area contributed by atoms with Crippen molar-refractivity contribution >= 4 is 0 Å². The van der Waals surface area contributed by atoms with Crippen LogP contribution in [0.15, 0.2) is 0 Å². The Morgan fingerprint density at radius 2 is 2.12 bits per heavy atom. The second-order valence-corrected chi connectivity index (χ2v) is 6.00. The van der Waals surface area contributed by atoms with E-state index in [2.05, 4.69) is 30.0 Å². The van der Waals surface area contributed by atoms with Gasteiger partial charge in [-0.05, 0) is 26.7 Å². The van der Waals surface area contributed by atoms with Crippen LogP contribution in [0, 0.1) is 12.3 Å². The number of rotatable bonds is 2. The highest BCUT2D eigenvalue weighted by molar-refractivity contribution is 5.01. The average molecular weight is 234 g/mol. The van der Waals surface area contributed by atoms with Crippen molar-refractivity contribution in [3.63, 3.8) is 0 Å². The molecule has 0 bridgehead atoms. The minimum atomic E-state index is 0.396. The second-order valence-electron chi connectivity index (χ2n) is 6.00. The van der Waals surface area contributed by atoms with Gasteiger partial charge in [-0.1, -0.05) is 19.3 Å². The van der Waals surface area contributed by atoms with Gasteiger partial charge in [0.1, 0.15) is 0 Å². The van der Waals surface area contributed by atoms with Gasteiger partial charge in [0.15, 0.2) is 0 Å². The zero-order chi connectivity index (χ0) is 12.3. The Morgan fingerprint density at radius 3 is 2.76 bits per heavy atom. The number of hydrogen-bond donors (Lipinski definition) is 1. The fourth-order valence-electron chi connectivity index (χ4n) is 3.48. The van der Waals surface area contributed by atoms with Gasteiger partial charge in [-0.25, -0.2) is 0 Å². The first-order valence-corrected chi connectivity index (χ1v) is 7.11. The summed E-state index contributed by atoms with van der Waals surface area (Å²) in [6, 6.07) is 1.14. The third kappa shape index (κ3) is 2.84. The molecular weight excluding hydrogens is 208 g/mol. The van der Waals surface area contributed by atoms with Crippen LogP contribution in [-0.2, 0) is 0 Å². The van der Waals surface area contributed by atoms with E-state index in [1.807, 2.05) is 0 Å². The van der Waals surface area contributed by atoms with Crippen molar-refractivity contribution in [3.8, 4) is 12.3 Å². The number of piperazine rings is 1. The highest BCUT2D eigenvalue weighted by Crippen LogP contribution is 2.32. The molecule has 2 unspecified atom stereocenters. The molecule has 2 heteroatoms. The summed E-state index contributed by atoms with van der Waals surface area (Å²) in [6.07, 6.45) is 13.2. The standard InChI is InChI=1S/C15H26N2/c1-4-8-13(2)17-12-15(16-11-14(17)3)9-6-5-7-10-15/h1,13-14,16H,5-12H2,2-3H3. The maximum atomic E-state index is 5.46. The maximum absolute atomic E-state index is 5.46. The number of nitrogens with zero attached hydrogens (tertiary/aromatic N) is 1. The first-order valence-electron chi connectivity index (χ1n) is 7.11. The van der Waals surface area contributed by atoms with E-state index in [0.29, 0.717) is 17.6 Å². The molecule has 1 N–H and O–H groups in total. The van der Waals surface area contributed by atoms with E-state index in [4.69, 9.17) is 6.42 Å². The topological polar surface area (TPSA) is 15.3 Å². The summed E-state index contributed by atoms with van der Waals surface area (Å²) in [4.78, 5) is 2.63. The molecule has 1 spiro atoms. The van der Waals surface area contributed by atoms with Gasteiger partial charge in [0.2, 0.25) is 0 Å². The van der Waals surface area contributed by atoms with E-state index in [-0.39, 0.29) is 0 Å². The third-order valence-corrected chi connectivity index (χ3v) is 4.61. The van der Waals surface area contributed by atoms with Crippen LogP contribution in [0.3, 0.4) is 0 Å². The maximum Gasteiger partial charge on any atom is 0.0309 e. The molecule has 0 aromatic carbocycles. The fraction of sp³-hybridized carbons (Fsp3) is 0.867. The van der Waals surface area contributed by atoms with Crippen LogP contribution in [0.25, 0.3) is 0 Å². The summed E-state index contributed by atoms with van der Waals surface area (Å²) in [5.74, 6) is 2.81. The van der Waals surface area contributed by atoms with Gasteiger partial charge in [-0.2, -0.15) is 0 Å². The Bertz CT molecular complexity index is 286. The molecule has 1 saturated carbocycles. The molecule has 1 saturated heterocycles. The Kier molecular flexibility index (Phi) is 4.12. The van der Waals surface area contributed by atoms with E-state index >= 15 is 0 Å². The Balaban J connectivity index is 2.02. The lowest BCUT2D eigenvalue weighted by atomic mass is 9.79. The Labute approximate surface area is 106 Å². The van der Waals surface area contributed by atoms with Crippen molar-refractivity contribution in [2.24, 2.45) is 0 Å². The molecular formula is C15H26N2. The molecule has 1 aliphatic carbocycles. The highest BCUT2D eigenvalue weighted by atomic mass is 15.3. The van der Waals surface area contributed by atoms with Crippen molar-refractivity contribution in [2.45, 2.75) is 70.0 Å². The van der Waals surface area contributed by atoms with Crippen LogP contribution in [0.1, 0.15) is 52.4 Å². The molecule has 0 amide bonds. The zero-order valence-corrected chi connectivity index (χ0v) is 11.3. The van der Waals surface area contributed by atoms with Gasteiger partial charge in [-0.3, -0.25) is 4.90 Å². The van der Waals surface area contributed by atoms with Gasteiger partial charge < -0.3 is 5.32 Å². The largest absolute Gasteiger partial charge is 0.308 e. The average Bonchev–Trinajstić information content (AvgIpc) is 2.34. The molecule has 1 heterocycles. The summed E-state index contributed by atoms with van der Waals surface area (Å²) >= 11 is 0. The summed E-state index contributed by atoms with van der Waals surface area (Å²) in [5.41, 5.74) is 0.396. The second kappa shape index (κ2) is 5.42. The van der Waals surface area contributed by atoms with E-state index in [0.717, 1.165) is 13.0 Å². The fourth-order valence-corrected chi connectivity index (χ4v) is 3.48. The smallest absolute Gasteiger partial charge is 0.0309 e. The van der Waals surface area contributed by atoms with Crippen LogP contribution < -0.4 is 5.32 Å². The summed E-state index contributed by atoms with van der Waals surface area (Å²) in [6.45, 7) is 6.90. The van der Waals surface area contributed by atoms with Crippen LogP contribution in [0.4, 0.5) is 0 Å². The highest BCUT2D eigenvalue weighted by Gasteiger charge is 2.39. The molecule has 2 nitrogen and oxygen atoms in total. The number of terminal acetylenes is 1. The van der Waals surface area contributed by atoms with Crippen LogP contribution >= 0.6 is 0 Å². The lowest BCUT2D eigenvalue weighted by Gasteiger charge is -2.50. The lowest BCUT2D eigenvalue weighted by molar-refractivity contribution is 0.0375. The normalized spacial score (nSPS) is 31.0. The third-order valence-electron chi connectivity index (χ3n) is 4.61. The lowest BCUT2D eigenvalue weighted by Crippen LogP contribution is -2.65. The molecule has 96 valence electrons. The molecule has 0 aromatic rings. The Hall–Kier alpha value is -0.520. The van der Waals surface area contributed by atoms with Crippen LogP contribution in [-0.4, -0.2) is 35.6 Å². The summed E-state index contributed by atoms with van der Waals surface area (Å²) in [5, 5.41) is 3.82. The summed E-state index contributed by atoms with van der Waals surface area (Å²) < 4.78 is 0. The molecule has 2 fully saturated rings.